The first-order chi connectivity index (χ1) is 6.72. The molecule has 5 heteroatoms. The lowest BCUT2D eigenvalue weighted by molar-refractivity contribution is 0.416. The number of rotatable bonds is 1. The van der Waals surface area contributed by atoms with E-state index < -0.39 is 0 Å². The number of aromatic nitrogens is 2. The highest BCUT2D eigenvalue weighted by atomic mass is 79.9. The molecule has 0 aliphatic rings. The Labute approximate surface area is 89.2 Å². The molecule has 0 spiro atoms. The molecule has 0 radical (unpaired) electrons. The van der Waals surface area contributed by atoms with E-state index in [4.69, 9.17) is 10.5 Å². The topological polar surface area (TPSA) is 61.0 Å². The summed E-state index contributed by atoms with van der Waals surface area (Å²) in [5.74, 6) is 1.04. The van der Waals surface area contributed by atoms with Crippen LogP contribution in [0.25, 0.3) is 11.0 Å². The summed E-state index contributed by atoms with van der Waals surface area (Å²) in [5.41, 5.74) is 6.98. The van der Waals surface area contributed by atoms with E-state index in [1.807, 2.05) is 12.1 Å². The van der Waals surface area contributed by atoms with Gasteiger partial charge in [-0.25, -0.2) is 4.98 Å². The van der Waals surface area contributed by atoms with Crippen molar-refractivity contribution in [1.82, 2.24) is 9.97 Å². The molecule has 0 amide bonds. The first kappa shape index (κ1) is 9.21. The van der Waals surface area contributed by atoms with Gasteiger partial charge in [0.1, 0.15) is 11.3 Å². The summed E-state index contributed by atoms with van der Waals surface area (Å²) in [7, 11) is 1.59. The van der Waals surface area contributed by atoms with Crippen LogP contribution in [-0.4, -0.2) is 17.1 Å². The maximum atomic E-state index is 5.55. The van der Waals surface area contributed by atoms with Crippen molar-refractivity contribution in [2.75, 3.05) is 12.8 Å². The summed E-state index contributed by atoms with van der Waals surface area (Å²) in [6.45, 7) is 0. The van der Waals surface area contributed by atoms with Gasteiger partial charge in [0.25, 0.3) is 0 Å². The van der Waals surface area contributed by atoms with Gasteiger partial charge in [0.2, 0.25) is 0 Å². The number of nitrogens with two attached hydrogens (primary N) is 1. The van der Waals surface area contributed by atoms with Crippen molar-refractivity contribution in [2.45, 2.75) is 0 Å². The Morgan fingerprint density at radius 1 is 1.43 bits per heavy atom. The van der Waals surface area contributed by atoms with Crippen LogP contribution < -0.4 is 10.5 Å². The SMILES string of the molecule is COc1c(Br)ccc2ncc(N)nc12. The lowest BCUT2D eigenvalue weighted by atomic mass is 10.3. The van der Waals surface area contributed by atoms with Crippen molar-refractivity contribution in [3.05, 3.63) is 22.8 Å². The van der Waals surface area contributed by atoms with Crippen LogP contribution >= 0.6 is 15.9 Å². The van der Waals surface area contributed by atoms with E-state index in [9.17, 15) is 0 Å². The van der Waals surface area contributed by atoms with Crippen LogP contribution in [0.1, 0.15) is 0 Å². The van der Waals surface area contributed by atoms with Gasteiger partial charge in [-0.3, -0.25) is 4.98 Å². The van der Waals surface area contributed by atoms with E-state index in [1.165, 1.54) is 6.20 Å². The Hall–Kier alpha value is -1.36. The van der Waals surface area contributed by atoms with Crippen molar-refractivity contribution in [2.24, 2.45) is 0 Å². The number of anilines is 1. The normalized spacial score (nSPS) is 10.4. The van der Waals surface area contributed by atoms with Crippen LogP contribution in [0.3, 0.4) is 0 Å². The summed E-state index contributed by atoms with van der Waals surface area (Å²) < 4.78 is 6.05. The summed E-state index contributed by atoms with van der Waals surface area (Å²) in [5, 5.41) is 0. The largest absolute Gasteiger partial charge is 0.493 e. The lowest BCUT2D eigenvalue weighted by Gasteiger charge is -2.06. The van der Waals surface area contributed by atoms with Crippen molar-refractivity contribution in [1.29, 1.82) is 0 Å². The zero-order valence-corrected chi connectivity index (χ0v) is 9.08. The Bertz CT molecular complexity index is 481. The molecule has 4 nitrogen and oxygen atoms in total. The summed E-state index contributed by atoms with van der Waals surface area (Å²) >= 11 is 3.37. The highest BCUT2D eigenvalue weighted by molar-refractivity contribution is 9.10. The van der Waals surface area contributed by atoms with Crippen molar-refractivity contribution < 1.29 is 4.74 Å². The first-order valence-corrected chi connectivity index (χ1v) is 4.76. The number of benzene rings is 1. The Balaban J connectivity index is 2.84. The monoisotopic (exact) mass is 253 g/mol. The predicted molar refractivity (Wildman–Crippen MR) is 58.2 cm³/mol. The molecule has 1 aromatic heterocycles. The molecule has 0 unspecified atom stereocenters. The average Bonchev–Trinajstić information content (AvgIpc) is 2.17. The van der Waals surface area contributed by atoms with Gasteiger partial charge in [0.05, 0.1) is 23.3 Å². The standard InChI is InChI=1S/C9H8BrN3O/c1-14-9-5(10)2-3-6-8(9)13-7(11)4-12-6/h2-4H,1H3,(H2,11,13). The first-order valence-electron chi connectivity index (χ1n) is 3.97. The Morgan fingerprint density at radius 3 is 2.93 bits per heavy atom. The fourth-order valence-electron chi connectivity index (χ4n) is 1.24. The second-order valence-electron chi connectivity index (χ2n) is 2.74. The molecular formula is C9H8BrN3O. The number of nitrogens with zero attached hydrogens (tertiary/aromatic N) is 2. The molecule has 14 heavy (non-hydrogen) atoms. The van der Waals surface area contributed by atoms with E-state index in [0.717, 1.165) is 9.99 Å². The maximum Gasteiger partial charge on any atom is 0.160 e. The lowest BCUT2D eigenvalue weighted by Crippen LogP contribution is -1.95. The number of hydrogen-bond acceptors (Lipinski definition) is 4. The average molecular weight is 254 g/mol. The zero-order chi connectivity index (χ0) is 10.1. The second-order valence-corrected chi connectivity index (χ2v) is 3.60. The molecule has 0 fully saturated rings. The molecular weight excluding hydrogens is 246 g/mol. The number of nitrogen functional groups attached to an aromatic ring is 1. The van der Waals surface area contributed by atoms with Gasteiger partial charge in [0.15, 0.2) is 5.75 Å². The Morgan fingerprint density at radius 2 is 2.21 bits per heavy atom. The molecule has 1 aromatic carbocycles. The molecule has 2 N–H and O–H groups in total. The van der Waals surface area contributed by atoms with Crippen LogP contribution in [-0.2, 0) is 0 Å². The van der Waals surface area contributed by atoms with E-state index in [0.29, 0.717) is 17.1 Å². The van der Waals surface area contributed by atoms with Crippen molar-refractivity contribution >= 4 is 32.8 Å². The van der Waals surface area contributed by atoms with Gasteiger partial charge in [-0.2, -0.15) is 0 Å². The molecule has 0 saturated heterocycles. The van der Waals surface area contributed by atoms with E-state index in [2.05, 4.69) is 25.9 Å². The second kappa shape index (κ2) is 3.42. The number of fused-ring (bicyclic) bond motifs is 1. The summed E-state index contributed by atoms with van der Waals surface area (Å²) in [6.07, 6.45) is 1.52. The number of ether oxygens (including phenoxy) is 1. The highest BCUT2D eigenvalue weighted by Crippen LogP contribution is 2.31. The smallest absolute Gasteiger partial charge is 0.160 e. The third kappa shape index (κ3) is 1.39. The fraction of sp³-hybridized carbons (Fsp3) is 0.111. The molecule has 0 aliphatic carbocycles. The molecule has 0 aliphatic heterocycles. The van der Waals surface area contributed by atoms with Gasteiger partial charge in [-0.05, 0) is 28.1 Å². The quantitative estimate of drug-likeness (QED) is 0.845. The maximum absolute atomic E-state index is 5.55. The number of methoxy groups -OCH3 is 1. The van der Waals surface area contributed by atoms with Crippen LogP contribution in [0.2, 0.25) is 0 Å². The van der Waals surface area contributed by atoms with Gasteiger partial charge in [0, 0.05) is 0 Å². The van der Waals surface area contributed by atoms with E-state index in [-0.39, 0.29) is 0 Å². The minimum absolute atomic E-state index is 0.383. The molecule has 0 saturated carbocycles. The molecule has 2 aromatic rings. The van der Waals surface area contributed by atoms with Crippen LogP contribution in [0.5, 0.6) is 5.75 Å². The number of halogens is 1. The zero-order valence-electron chi connectivity index (χ0n) is 7.49. The highest BCUT2D eigenvalue weighted by Gasteiger charge is 2.08. The summed E-state index contributed by atoms with van der Waals surface area (Å²) in [6, 6.07) is 3.72. The van der Waals surface area contributed by atoms with E-state index in [1.54, 1.807) is 7.11 Å². The third-order valence-electron chi connectivity index (χ3n) is 1.84. The van der Waals surface area contributed by atoms with Crippen molar-refractivity contribution in [3.63, 3.8) is 0 Å². The minimum Gasteiger partial charge on any atom is -0.493 e. The van der Waals surface area contributed by atoms with Gasteiger partial charge >= 0.3 is 0 Å². The van der Waals surface area contributed by atoms with Gasteiger partial charge in [-0.1, -0.05) is 0 Å². The van der Waals surface area contributed by atoms with E-state index >= 15 is 0 Å². The van der Waals surface area contributed by atoms with Crippen LogP contribution in [0.4, 0.5) is 5.82 Å². The molecule has 2 rings (SSSR count). The molecule has 0 atom stereocenters. The molecule has 72 valence electrons. The molecule has 1 heterocycles. The minimum atomic E-state index is 0.383. The number of hydrogen-bond donors (Lipinski definition) is 1. The predicted octanol–water partition coefficient (Wildman–Crippen LogP) is 1.98. The third-order valence-corrected chi connectivity index (χ3v) is 2.47. The van der Waals surface area contributed by atoms with Crippen LogP contribution in [0, 0.1) is 0 Å². The summed E-state index contributed by atoms with van der Waals surface area (Å²) in [4.78, 5) is 8.31. The van der Waals surface area contributed by atoms with Crippen molar-refractivity contribution in [3.8, 4) is 5.75 Å². The Kier molecular flexibility index (Phi) is 2.25. The van der Waals surface area contributed by atoms with Crippen LogP contribution in [0.15, 0.2) is 22.8 Å². The fourth-order valence-corrected chi connectivity index (χ4v) is 1.72. The molecule has 0 bridgehead atoms. The van der Waals surface area contributed by atoms with Gasteiger partial charge < -0.3 is 10.5 Å². The van der Waals surface area contributed by atoms with Gasteiger partial charge in [-0.15, -0.1) is 0 Å².